The number of likely N-dealkylation sites (tertiary alicyclic amines) is 1. The fraction of sp³-hybridized carbons (Fsp3) is 0.583. The molecule has 94 valence electrons. The van der Waals surface area contributed by atoms with E-state index in [0.29, 0.717) is 12.6 Å². The van der Waals surface area contributed by atoms with E-state index < -0.39 is 5.97 Å². The van der Waals surface area contributed by atoms with E-state index in [-0.39, 0.29) is 5.76 Å². The van der Waals surface area contributed by atoms with Crippen molar-refractivity contribution < 1.29 is 14.3 Å². The van der Waals surface area contributed by atoms with E-state index >= 15 is 0 Å². The first-order valence-electron chi connectivity index (χ1n) is 5.77. The highest BCUT2D eigenvalue weighted by Crippen LogP contribution is 2.17. The summed E-state index contributed by atoms with van der Waals surface area (Å²) >= 11 is 0. The van der Waals surface area contributed by atoms with Crippen LogP contribution in [-0.2, 0) is 6.54 Å². The lowest BCUT2D eigenvalue weighted by Gasteiger charge is -2.19. The molecule has 5 nitrogen and oxygen atoms in total. The molecule has 5 heteroatoms. The zero-order chi connectivity index (χ0) is 12.4. The van der Waals surface area contributed by atoms with Gasteiger partial charge in [0.1, 0.15) is 5.76 Å². The predicted molar refractivity (Wildman–Crippen MR) is 63.0 cm³/mol. The van der Waals surface area contributed by atoms with Gasteiger partial charge in [-0.1, -0.05) is 0 Å². The number of rotatable bonds is 4. The molecule has 1 aromatic rings. The van der Waals surface area contributed by atoms with Gasteiger partial charge in [0.05, 0.1) is 6.54 Å². The SMILES string of the molecule is CN(C)C1CCN(Cc2ccc(C(=O)O)o2)C1. The molecule has 0 spiro atoms. The second-order valence-electron chi connectivity index (χ2n) is 4.71. The minimum Gasteiger partial charge on any atom is -0.475 e. The minimum absolute atomic E-state index is 0.0170. The maximum absolute atomic E-state index is 10.7. The third-order valence-corrected chi connectivity index (χ3v) is 3.23. The highest BCUT2D eigenvalue weighted by molar-refractivity contribution is 5.84. The lowest BCUT2D eigenvalue weighted by molar-refractivity contribution is 0.0658. The number of carboxylic acids is 1. The molecule has 2 heterocycles. The third-order valence-electron chi connectivity index (χ3n) is 3.23. The van der Waals surface area contributed by atoms with Gasteiger partial charge in [-0.2, -0.15) is 0 Å². The summed E-state index contributed by atoms with van der Waals surface area (Å²) in [6, 6.07) is 3.84. The Morgan fingerprint density at radius 1 is 1.59 bits per heavy atom. The quantitative estimate of drug-likeness (QED) is 0.851. The first-order valence-corrected chi connectivity index (χ1v) is 5.77. The molecule has 1 saturated heterocycles. The fourth-order valence-electron chi connectivity index (χ4n) is 2.18. The topological polar surface area (TPSA) is 56.9 Å². The molecule has 1 aromatic heterocycles. The van der Waals surface area contributed by atoms with Crippen molar-refractivity contribution in [2.24, 2.45) is 0 Å². The highest BCUT2D eigenvalue weighted by Gasteiger charge is 2.24. The van der Waals surface area contributed by atoms with Crippen LogP contribution >= 0.6 is 0 Å². The number of furan rings is 1. The number of carboxylic acid groups (broad SMARTS) is 1. The van der Waals surface area contributed by atoms with Gasteiger partial charge in [0, 0.05) is 19.1 Å². The number of carbonyl (C=O) groups is 1. The van der Waals surface area contributed by atoms with Crippen LogP contribution in [0.4, 0.5) is 0 Å². The van der Waals surface area contributed by atoms with Crippen LogP contribution in [0.3, 0.4) is 0 Å². The molecule has 0 radical (unpaired) electrons. The van der Waals surface area contributed by atoms with E-state index in [2.05, 4.69) is 23.9 Å². The molecule has 2 rings (SSSR count). The lowest BCUT2D eigenvalue weighted by Crippen LogP contribution is -2.31. The van der Waals surface area contributed by atoms with Crippen molar-refractivity contribution in [3.05, 3.63) is 23.7 Å². The predicted octanol–water partition coefficient (Wildman–Crippen LogP) is 1.11. The van der Waals surface area contributed by atoms with E-state index in [0.717, 1.165) is 25.3 Å². The maximum Gasteiger partial charge on any atom is 0.371 e. The van der Waals surface area contributed by atoms with Gasteiger partial charge < -0.3 is 14.4 Å². The van der Waals surface area contributed by atoms with Crippen molar-refractivity contribution in [3.8, 4) is 0 Å². The summed E-state index contributed by atoms with van der Waals surface area (Å²) in [6.07, 6.45) is 1.15. The Kier molecular flexibility index (Phi) is 3.49. The average molecular weight is 238 g/mol. The van der Waals surface area contributed by atoms with Gasteiger partial charge in [0.15, 0.2) is 0 Å². The molecular weight excluding hydrogens is 220 g/mol. The molecule has 0 amide bonds. The zero-order valence-electron chi connectivity index (χ0n) is 10.2. The summed E-state index contributed by atoms with van der Waals surface area (Å²) in [5.41, 5.74) is 0. The van der Waals surface area contributed by atoms with Gasteiger partial charge >= 0.3 is 5.97 Å². The molecule has 0 bridgehead atoms. The van der Waals surface area contributed by atoms with Crippen molar-refractivity contribution in [2.75, 3.05) is 27.2 Å². The summed E-state index contributed by atoms with van der Waals surface area (Å²) < 4.78 is 5.25. The number of hydrogen-bond donors (Lipinski definition) is 1. The Hall–Kier alpha value is -1.33. The molecule has 1 atom stereocenters. The second-order valence-corrected chi connectivity index (χ2v) is 4.71. The monoisotopic (exact) mass is 238 g/mol. The molecule has 0 saturated carbocycles. The van der Waals surface area contributed by atoms with Gasteiger partial charge in [-0.15, -0.1) is 0 Å². The molecule has 1 aliphatic rings. The van der Waals surface area contributed by atoms with Crippen LogP contribution in [0.25, 0.3) is 0 Å². The van der Waals surface area contributed by atoms with Crippen LogP contribution in [0.5, 0.6) is 0 Å². The molecule has 0 aromatic carbocycles. The van der Waals surface area contributed by atoms with E-state index in [9.17, 15) is 4.79 Å². The molecule has 1 unspecified atom stereocenters. The first kappa shape index (κ1) is 12.1. The molecule has 1 fully saturated rings. The number of likely N-dealkylation sites (N-methyl/N-ethyl adjacent to an activating group) is 1. The maximum atomic E-state index is 10.7. The van der Waals surface area contributed by atoms with Crippen LogP contribution in [0.1, 0.15) is 22.7 Å². The zero-order valence-corrected chi connectivity index (χ0v) is 10.2. The van der Waals surface area contributed by atoms with Gasteiger partial charge in [-0.25, -0.2) is 4.79 Å². The Bertz CT molecular complexity index is 400. The van der Waals surface area contributed by atoms with E-state index in [1.807, 2.05) is 0 Å². The summed E-state index contributed by atoms with van der Waals surface area (Å²) in [5, 5.41) is 8.76. The van der Waals surface area contributed by atoms with Crippen LogP contribution in [0.2, 0.25) is 0 Å². The fourth-order valence-corrected chi connectivity index (χ4v) is 2.18. The Labute approximate surface area is 101 Å². The Balaban J connectivity index is 1.91. The Morgan fingerprint density at radius 3 is 2.88 bits per heavy atom. The van der Waals surface area contributed by atoms with Crippen LogP contribution in [0, 0.1) is 0 Å². The molecule has 17 heavy (non-hydrogen) atoms. The van der Waals surface area contributed by atoms with Crippen molar-refractivity contribution >= 4 is 5.97 Å². The van der Waals surface area contributed by atoms with Crippen molar-refractivity contribution in [1.29, 1.82) is 0 Å². The van der Waals surface area contributed by atoms with Gasteiger partial charge in [0.2, 0.25) is 5.76 Å². The Morgan fingerprint density at radius 2 is 2.35 bits per heavy atom. The normalized spacial score (nSPS) is 21.2. The largest absolute Gasteiger partial charge is 0.475 e. The van der Waals surface area contributed by atoms with Crippen LogP contribution in [-0.4, -0.2) is 54.1 Å². The molecule has 0 aliphatic carbocycles. The highest BCUT2D eigenvalue weighted by atomic mass is 16.4. The van der Waals surface area contributed by atoms with E-state index in [1.165, 1.54) is 6.07 Å². The van der Waals surface area contributed by atoms with Gasteiger partial charge in [-0.3, -0.25) is 4.90 Å². The molecule has 1 aliphatic heterocycles. The van der Waals surface area contributed by atoms with Crippen molar-refractivity contribution in [2.45, 2.75) is 19.0 Å². The average Bonchev–Trinajstić information content (AvgIpc) is 2.87. The van der Waals surface area contributed by atoms with Crippen molar-refractivity contribution in [1.82, 2.24) is 9.80 Å². The standard InChI is InChI=1S/C12H18N2O3/c1-13(2)9-5-6-14(7-9)8-10-3-4-11(17-10)12(15)16/h3-4,9H,5-8H2,1-2H3,(H,15,16). The minimum atomic E-state index is -1.01. The molecular formula is C12H18N2O3. The van der Waals surface area contributed by atoms with Gasteiger partial charge in [-0.05, 0) is 32.6 Å². The van der Waals surface area contributed by atoms with Crippen LogP contribution < -0.4 is 0 Å². The van der Waals surface area contributed by atoms with E-state index in [1.54, 1.807) is 6.07 Å². The smallest absolute Gasteiger partial charge is 0.371 e. The summed E-state index contributed by atoms with van der Waals surface area (Å²) in [6.45, 7) is 2.74. The number of aromatic carboxylic acids is 1. The van der Waals surface area contributed by atoms with E-state index in [4.69, 9.17) is 9.52 Å². The number of hydrogen-bond acceptors (Lipinski definition) is 4. The summed E-state index contributed by atoms with van der Waals surface area (Å²) in [5.74, 6) is -0.269. The lowest BCUT2D eigenvalue weighted by atomic mass is 10.2. The first-order chi connectivity index (χ1) is 8.06. The molecule has 1 N–H and O–H groups in total. The number of nitrogens with zero attached hydrogens (tertiary/aromatic N) is 2. The summed E-state index contributed by atoms with van der Waals surface area (Å²) in [4.78, 5) is 15.2. The van der Waals surface area contributed by atoms with Gasteiger partial charge in [0.25, 0.3) is 0 Å². The summed E-state index contributed by atoms with van der Waals surface area (Å²) in [7, 11) is 4.17. The van der Waals surface area contributed by atoms with Crippen LogP contribution in [0.15, 0.2) is 16.5 Å². The third kappa shape index (κ3) is 2.87. The second kappa shape index (κ2) is 4.89. The van der Waals surface area contributed by atoms with Crippen molar-refractivity contribution in [3.63, 3.8) is 0 Å².